The lowest BCUT2D eigenvalue weighted by molar-refractivity contribution is -0.170. The van der Waals surface area contributed by atoms with Gasteiger partial charge in [-0.2, -0.15) is 0 Å². The van der Waals surface area contributed by atoms with Crippen molar-refractivity contribution in [1.29, 1.82) is 0 Å². The smallest absolute Gasteiger partial charge is 0.336 e. The number of carboxylic acid groups (broad SMARTS) is 3. The summed E-state index contributed by atoms with van der Waals surface area (Å²) in [5.74, 6) is -5.02. The Balaban J connectivity index is 0.000000271. The molecule has 4 N–H and O–H groups in total. The van der Waals surface area contributed by atoms with Crippen molar-refractivity contribution in [1.82, 2.24) is 4.57 Å². The number of carboxylic acids is 3. The Labute approximate surface area is 153 Å². The number of hydrogen-bond donors (Lipinski definition) is 4. The molecule has 0 unspecified atom stereocenters. The highest BCUT2D eigenvalue weighted by molar-refractivity contribution is 5.88. The molecule has 0 aliphatic rings. The van der Waals surface area contributed by atoms with Crippen LogP contribution < -0.4 is 5.56 Å². The molecular formula is C18H19NO8. The Morgan fingerprint density at radius 2 is 1.44 bits per heavy atom. The Morgan fingerprint density at radius 1 is 0.926 bits per heavy atom. The predicted octanol–water partition coefficient (Wildman–Crippen LogP) is 0.897. The van der Waals surface area contributed by atoms with Crippen LogP contribution in [0.15, 0.2) is 53.5 Å². The van der Waals surface area contributed by atoms with Crippen molar-refractivity contribution in [2.24, 2.45) is 0 Å². The van der Waals surface area contributed by atoms with Gasteiger partial charge < -0.3 is 20.4 Å². The maximum Gasteiger partial charge on any atom is 0.336 e. The van der Waals surface area contributed by atoms with Gasteiger partial charge in [0, 0.05) is 18.0 Å². The van der Waals surface area contributed by atoms with E-state index in [-0.39, 0.29) is 5.56 Å². The molecule has 0 saturated carbocycles. The molecule has 0 saturated heterocycles. The fourth-order valence-electron chi connectivity index (χ4n) is 2.10. The monoisotopic (exact) mass is 377 g/mol. The molecule has 2 rings (SSSR count). The summed E-state index contributed by atoms with van der Waals surface area (Å²) in [4.78, 5) is 42.0. The topological polar surface area (TPSA) is 154 Å². The number of para-hydroxylation sites is 1. The number of aliphatic carboxylic acids is 3. The summed E-state index contributed by atoms with van der Waals surface area (Å²) in [5.41, 5.74) is -0.756. The van der Waals surface area contributed by atoms with Gasteiger partial charge in [-0.15, -0.1) is 0 Å². The van der Waals surface area contributed by atoms with Gasteiger partial charge in [0.15, 0.2) is 5.60 Å². The number of aromatic nitrogens is 1. The second kappa shape index (κ2) is 9.30. The third kappa shape index (κ3) is 6.75. The second-order valence-electron chi connectivity index (χ2n) is 5.73. The summed E-state index contributed by atoms with van der Waals surface area (Å²) in [7, 11) is 0. The summed E-state index contributed by atoms with van der Waals surface area (Å²) in [5, 5.41) is 33.8. The number of aliphatic hydroxyl groups is 1. The zero-order valence-corrected chi connectivity index (χ0v) is 14.4. The van der Waals surface area contributed by atoms with Crippen LogP contribution in [-0.4, -0.2) is 48.5 Å². The largest absolute Gasteiger partial charge is 0.481 e. The van der Waals surface area contributed by atoms with E-state index in [9.17, 15) is 19.2 Å². The summed E-state index contributed by atoms with van der Waals surface area (Å²) >= 11 is 0. The zero-order valence-electron chi connectivity index (χ0n) is 14.4. The fraction of sp³-hybridized carbons (Fsp3) is 0.222. The minimum Gasteiger partial charge on any atom is -0.481 e. The van der Waals surface area contributed by atoms with Crippen LogP contribution in [0.25, 0.3) is 5.69 Å². The van der Waals surface area contributed by atoms with Gasteiger partial charge in [-0.3, -0.25) is 19.0 Å². The van der Waals surface area contributed by atoms with E-state index in [1.165, 1.54) is 0 Å². The summed E-state index contributed by atoms with van der Waals surface area (Å²) in [6.07, 6.45) is -0.444. The van der Waals surface area contributed by atoms with E-state index in [0.717, 1.165) is 11.3 Å². The van der Waals surface area contributed by atoms with E-state index in [0.29, 0.717) is 0 Å². The van der Waals surface area contributed by atoms with Gasteiger partial charge in [0.25, 0.3) is 5.56 Å². The number of carbonyl (C=O) groups is 3. The molecule has 9 nitrogen and oxygen atoms in total. The van der Waals surface area contributed by atoms with E-state index in [2.05, 4.69) is 0 Å². The lowest BCUT2D eigenvalue weighted by Gasteiger charge is -2.18. The standard InChI is InChI=1S/C12H11NO.C6H8O7/c1-10-7-8-12(14)13(9-10)11-5-3-2-4-6-11;7-3(8)1-6(13,5(11)12)2-4(9)10/h2-9H,1H3;13H,1-2H2,(H,7,8)(H,9,10)(H,11,12). The van der Waals surface area contributed by atoms with Crippen LogP contribution in [0.5, 0.6) is 0 Å². The number of pyridine rings is 1. The van der Waals surface area contributed by atoms with Crippen LogP contribution in [-0.2, 0) is 14.4 Å². The van der Waals surface area contributed by atoms with E-state index in [4.69, 9.17) is 20.4 Å². The molecule has 0 aliphatic heterocycles. The number of rotatable bonds is 6. The van der Waals surface area contributed by atoms with Gasteiger partial charge in [0.1, 0.15) is 0 Å². The molecule has 9 heteroatoms. The van der Waals surface area contributed by atoms with Gasteiger partial charge in [0.05, 0.1) is 12.8 Å². The van der Waals surface area contributed by atoms with Gasteiger partial charge in [-0.1, -0.05) is 24.3 Å². The summed E-state index contributed by atoms with van der Waals surface area (Å²) in [6.45, 7) is 1.97. The zero-order chi connectivity index (χ0) is 20.6. The number of nitrogens with zero attached hydrogens (tertiary/aromatic N) is 1. The Kier molecular flexibility index (Phi) is 7.43. The van der Waals surface area contributed by atoms with E-state index in [1.54, 1.807) is 10.6 Å². The molecule has 0 spiro atoms. The summed E-state index contributed by atoms with van der Waals surface area (Å²) < 4.78 is 1.65. The minimum absolute atomic E-state index is 0.00167. The molecule has 0 aliphatic carbocycles. The Bertz CT molecular complexity index is 856. The van der Waals surface area contributed by atoms with Crippen molar-refractivity contribution >= 4 is 17.9 Å². The lowest BCUT2D eigenvalue weighted by atomic mass is 9.96. The highest BCUT2D eigenvalue weighted by Crippen LogP contribution is 2.15. The minimum atomic E-state index is -2.74. The quantitative estimate of drug-likeness (QED) is 0.579. The molecule has 0 atom stereocenters. The normalized spacial score (nSPS) is 10.4. The lowest BCUT2D eigenvalue weighted by Crippen LogP contribution is -2.42. The fourth-order valence-corrected chi connectivity index (χ4v) is 2.10. The molecule has 144 valence electrons. The summed E-state index contributed by atoms with van der Waals surface area (Å²) in [6, 6.07) is 13.0. The molecule has 1 aromatic carbocycles. The molecule has 0 bridgehead atoms. The van der Waals surface area contributed by atoms with Gasteiger partial charge in [-0.25, -0.2) is 4.79 Å². The number of aryl methyl sites for hydroxylation is 1. The van der Waals surface area contributed by atoms with Crippen molar-refractivity contribution in [3.05, 3.63) is 64.6 Å². The third-order valence-electron chi connectivity index (χ3n) is 3.38. The molecule has 27 heavy (non-hydrogen) atoms. The van der Waals surface area contributed by atoms with Crippen molar-refractivity contribution in [2.75, 3.05) is 0 Å². The van der Waals surface area contributed by atoms with Crippen molar-refractivity contribution in [3.8, 4) is 5.69 Å². The molecule has 1 aromatic heterocycles. The van der Waals surface area contributed by atoms with Crippen LogP contribution in [0.3, 0.4) is 0 Å². The maximum atomic E-state index is 11.5. The highest BCUT2D eigenvalue weighted by atomic mass is 16.4. The molecule has 0 radical (unpaired) electrons. The van der Waals surface area contributed by atoms with Crippen LogP contribution in [0.2, 0.25) is 0 Å². The van der Waals surface area contributed by atoms with Crippen LogP contribution in [0.1, 0.15) is 18.4 Å². The number of hydrogen-bond acceptors (Lipinski definition) is 5. The van der Waals surface area contributed by atoms with E-state index < -0.39 is 36.4 Å². The first-order valence-corrected chi connectivity index (χ1v) is 7.69. The highest BCUT2D eigenvalue weighted by Gasteiger charge is 2.40. The Morgan fingerprint density at radius 3 is 1.89 bits per heavy atom. The van der Waals surface area contributed by atoms with E-state index >= 15 is 0 Å². The number of benzene rings is 1. The van der Waals surface area contributed by atoms with Gasteiger partial charge in [-0.05, 0) is 24.6 Å². The van der Waals surface area contributed by atoms with Crippen LogP contribution >= 0.6 is 0 Å². The van der Waals surface area contributed by atoms with Gasteiger partial charge in [0.2, 0.25) is 0 Å². The molecular weight excluding hydrogens is 358 g/mol. The molecule has 1 heterocycles. The third-order valence-corrected chi connectivity index (χ3v) is 3.38. The van der Waals surface area contributed by atoms with Crippen molar-refractivity contribution in [2.45, 2.75) is 25.4 Å². The van der Waals surface area contributed by atoms with Crippen LogP contribution in [0.4, 0.5) is 0 Å². The van der Waals surface area contributed by atoms with E-state index in [1.807, 2.05) is 49.5 Å². The van der Waals surface area contributed by atoms with Gasteiger partial charge >= 0.3 is 17.9 Å². The average molecular weight is 377 g/mol. The first-order valence-electron chi connectivity index (χ1n) is 7.69. The maximum absolute atomic E-state index is 11.5. The average Bonchev–Trinajstić information content (AvgIpc) is 2.57. The SMILES string of the molecule is Cc1ccc(=O)n(-c2ccccc2)c1.O=C(O)CC(O)(CC(=O)O)C(=O)O. The predicted molar refractivity (Wildman–Crippen MR) is 93.9 cm³/mol. The Hall–Kier alpha value is -3.46. The first kappa shape index (κ1) is 21.6. The van der Waals surface area contributed by atoms with Crippen molar-refractivity contribution in [3.63, 3.8) is 0 Å². The molecule has 0 amide bonds. The van der Waals surface area contributed by atoms with Crippen LogP contribution in [0, 0.1) is 6.92 Å². The molecule has 2 aromatic rings. The molecule has 0 fully saturated rings. The first-order chi connectivity index (χ1) is 12.5. The van der Waals surface area contributed by atoms with Crippen molar-refractivity contribution < 1.29 is 34.8 Å². The second-order valence-corrected chi connectivity index (χ2v) is 5.73.